The Kier molecular flexibility index (Phi) is 4.26. The minimum Gasteiger partial charge on any atom is -0.376 e. The van der Waals surface area contributed by atoms with Crippen molar-refractivity contribution in [2.45, 2.75) is 44.8 Å². The molecule has 1 aromatic heterocycles. The molecule has 0 radical (unpaired) electrons. The van der Waals surface area contributed by atoms with Crippen LogP contribution in [0.5, 0.6) is 0 Å². The second kappa shape index (κ2) is 6.55. The first-order valence-electron chi connectivity index (χ1n) is 8.90. The van der Waals surface area contributed by atoms with Crippen molar-refractivity contribution < 1.29 is 14.3 Å². The van der Waals surface area contributed by atoms with Crippen LogP contribution in [0.15, 0.2) is 12.4 Å². The second-order valence-corrected chi connectivity index (χ2v) is 7.22. The van der Waals surface area contributed by atoms with E-state index in [9.17, 15) is 9.59 Å². The van der Waals surface area contributed by atoms with E-state index < -0.39 is 0 Å². The molecular formula is C17H24N4O3. The minimum atomic E-state index is -0.252. The van der Waals surface area contributed by atoms with Crippen LogP contribution in [-0.2, 0) is 20.9 Å². The molecule has 4 rings (SSSR count). The molecule has 1 aliphatic carbocycles. The molecular weight excluding hydrogens is 308 g/mol. The molecule has 1 saturated carbocycles. The Bertz CT molecular complexity index is 619. The van der Waals surface area contributed by atoms with Crippen LogP contribution >= 0.6 is 0 Å². The smallest absolute Gasteiger partial charge is 0.229 e. The summed E-state index contributed by atoms with van der Waals surface area (Å²) < 4.78 is 7.41. The molecule has 2 saturated heterocycles. The van der Waals surface area contributed by atoms with Gasteiger partial charge in [-0.05, 0) is 31.6 Å². The van der Waals surface area contributed by atoms with Crippen molar-refractivity contribution >= 4 is 17.5 Å². The van der Waals surface area contributed by atoms with Crippen molar-refractivity contribution in [3.8, 4) is 0 Å². The molecule has 0 spiro atoms. The van der Waals surface area contributed by atoms with Gasteiger partial charge in [0.2, 0.25) is 11.8 Å². The maximum absolute atomic E-state index is 12.4. The number of amides is 2. The summed E-state index contributed by atoms with van der Waals surface area (Å²) in [5.74, 6) is 0.430. The van der Waals surface area contributed by atoms with Crippen molar-refractivity contribution in [2.24, 2.45) is 11.8 Å². The molecule has 2 atom stereocenters. The van der Waals surface area contributed by atoms with Crippen LogP contribution in [0, 0.1) is 11.8 Å². The molecule has 7 heteroatoms. The summed E-state index contributed by atoms with van der Waals surface area (Å²) >= 11 is 0. The molecule has 24 heavy (non-hydrogen) atoms. The van der Waals surface area contributed by atoms with E-state index in [4.69, 9.17) is 4.74 Å². The van der Waals surface area contributed by atoms with E-state index in [0.717, 1.165) is 26.0 Å². The summed E-state index contributed by atoms with van der Waals surface area (Å²) in [5, 5.41) is 7.18. The maximum Gasteiger partial charge on any atom is 0.229 e. The van der Waals surface area contributed by atoms with E-state index >= 15 is 0 Å². The van der Waals surface area contributed by atoms with E-state index in [1.807, 2.05) is 15.8 Å². The lowest BCUT2D eigenvalue weighted by Gasteiger charge is -2.15. The van der Waals surface area contributed by atoms with Gasteiger partial charge in [-0.2, -0.15) is 5.10 Å². The number of ether oxygens (including phenoxy) is 1. The molecule has 3 heterocycles. The number of anilines is 1. The topological polar surface area (TPSA) is 76.5 Å². The number of carbonyl (C=O) groups excluding carboxylic acids is 2. The van der Waals surface area contributed by atoms with Crippen molar-refractivity contribution in [2.75, 3.05) is 25.0 Å². The largest absolute Gasteiger partial charge is 0.376 e. The van der Waals surface area contributed by atoms with Gasteiger partial charge in [0.1, 0.15) is 0 Å². The molecule has 1 aromatic rings. The van der Waals surface area contributed by atoms with E-state index in [1.54, 1.807) is 6.20 Å². The molecule has 2 amide bonds. The van der Waals surface area contributed by atoms with Gasteiger partial charge in [-0.25, -0.2) is 0 Å². The van der Waals surface area contributed by atoms with Crippen LogP contribution in [0.4, 0.5) is 5.69 Å². The summed E-state index contributed by atoms with van der Waals surface area (Å²) in [6.45, 7) is 2.91. The quantitative estimate of drug-likeness (QED) is 0.851. The summed E-state index contributed by atoms with van der Waals surface area (Å²) in [4.78, 5) is 26.3. The van der Waals surface area contributed by atoms with Gasteiger partial charge >= 0.3 is 0 Å². The highest BCUT2D eigenvalue weighted by molar-refractivity contribution is 5.97. The van der Waals surface area contributed by atoms with E-state index in [2.05, 4.69) is 10.4 Å². The van der Waals surface area contributed by atoms with Crippen LogP contribution in [0.1, 0.15) is 32.1 Å². The first kappa shape index (κ1) is 15.6. The molecule has 130 valence electrons. The second-order valence-electron chi connectivity index (χ2n) is 7.22. The number of hydrogen-bond acceptors (Lipinski definition) is 4. The van der Waals surface area contributed by atoms with Gasteiger partial charge in [-0.1, -0.05) is 0 Å². The number of hydrogen-bond donors (Lipinski definition) is 1. The Labute approximate surface area is 141 Å². The lowest BCUT2D eigenvalue weighted by atomic mass is 10.1. The molecule has 0 unspecified atom stereocenters. The van der Waals surface area contributed by atoms with E-state index in [-0.39, 0.29) is 23.8 Å². The average Bonchev–Trinajstić information content (AvgIpc) is 2.93. The zero-order chi connectivity index (χ0) is 16.5. The van der Waals surface area contributed by atoms with Crippen molar-refractivity contribution in [3.05, 3.63) is 12.4 Å². The molecule has 3 aliphatic rings. The SMILES string of the molecule is O=C(Nc1cnn(C[C@@H]2CCCO2)c1)[C@@H]1CC(=O)N(CC2CC2)C1. The third-order valence-electron chi connectivity index (χ3n) is 5.08. The molecule has 3 fully saturated rings. The number of aromatic nitrogens is 2. The van der Waals surface area contributed by atoms with Crippen molar-refractivity contribution in [1.29, 1.82) is 0 Å². The number of nitrogens with zero attached hydrogens (tertiary/aromatic N) is 3. The Morgan fingerprint density at radius 1 is 1.33 bits per heavy atom. The van der Waals surface area contributed by atoms with Gasteiger partial charge in [0.05, 0.1) is 30.5 Å². The van der Waals surface area contributed by atoms with Crippen molar-refractivity contribution in [3.63, 3.8) is 0 Å². The molecule has 0 aromatic carbocycles. The number of likely N-dealkylation sites (tertiary alicyclic amines) is 1. The summed E-state index contributed by atoms with van der Waals surface area (Å²) in [7, 11) is 0. The van der Waals surface area contributed by atoms with Gasteiger partial charge < -0.3 is 15.0 Å². The average molecular weight is 332 g/mol. The van der Waals surface area contributed by atoms with E-state index in [1.165, 1.54) is 12.8 Å². The van der Waals surface area contributed by atoms with Gasteiger partial charge in [-0.3, -0.25) is 14.3 Å². The molecule has 2 aliphatic heterocycles. The predicted molar refractivity (Wildman–Crippen MR) is 87.2 cm³/mol. The zero-order valence-corrected chi connectivity index (χ0v) is 13.8. The van der Waals surface area contributed by atoms with Crippen molar-refractivity contribution in [1.82, 2.24) is 14.7 Å². The fourth-order valence-corrected chi connectivity index (χ4v) is 3.51. The lowest BCUT2D eigenvalue weighted by molar-refractivity contribution is -0.128. The summed E-state index contributed by atoms with van der Waals surface area (Å²) in [6, 6.07) is 0. The van der Waals surface area contributed by atoms with Gasteiger partial charge in [0.15, 0.2) is 0 Å². The Morgan fingerprint density at radius 2 is 2.21 bits per heavy atom. The number of rotatable bonds is 6. The third-order valence-corrected chi connectivity index (χ3v) is 5.08. The van der Waals surface area contributed by atoms with Crippen LogP contribution < -0.4 is 5.32 Å². The van der Waals surface area contributed by atoms with Crippen LogP contribution in [0.2, 0.25) is 0 Å². The first-order valence-corrected chi connectivity index (χ1v) is 8.90. The van der Waals surface area contributed by atoms with Crippen LogP contribution in [0.25, 0.3) is 0 Å². The standard InChI is InChI=1S/C17H24N4O3/c22-16-6-13(9-20(16)8-12-3-4-12)17(23)19-14-7-18-21(10-14)11-15-2-1-5-24-15/h7,10,12-13,15H,1-6,8-9,11H2,(H,19,23)/t13-,15+/m1/s1. The fraction of sp³-hybridized carbons (Fsp3) is 0.706. The summed E-state index contributed by atoms with van der Waals surface area (Å²) in [6.07, 6.45) is 8.61. The minimum absolute atomic E-state index is 0.0849. The number of carbonyl (C=O) groups is 2. The van der Waals surface area contributed by atoms with Gasteiger partial charge in [-0.15, -0.1) is 0 Å². The first-order chi connectivity index (χ1) is 11.7. The molecule has 7 nitrogen and oxygen atoms in total. The lowest BCUT2D eigenvalue weighted by Crippen LogP contribution is -2.29. The number of nitrogens with one attached hydrogen (secondary N) is 1. The highest BCUT2D eigenvalue weighted by Crippen LogP contribution is 2.32. The Hall–Kier alpha value is -1.89. The Morgan fingerprint density at radius 3 is 2.96 bits per heavy atom. The Balaban J connectivity index is 1.29. The zero-order valence-electron chi connectivity index (χ0n) is 13.8. The maximum atomic E-state index is 12.4. The normalized spacial score (nSPS) is 27.0. The van der Waals surface area contributed by atoms with Crippen LogP contribution in [0.3, 0.4) is 0 Å². The highest BCUT2D eigenvalue weighted by atomic mass is 16.5. The van der Waals surface area contributed by atoms with Gasteiger partial charge in [0, 0.05) is 32.3 Å². The fourth-order valence-electron chi connectivity index (χ4n) is 3.51. The van der Waals surface area contributed by atoms with Crippen LogP contribution in [-0.4, -0.2) is 52.3 Å². The summed E-state index contributed by atoms with van der Waals surface area (Å²) in [5.41, 5.74) is 0.686. The molecule has 1 N–H and O–H groups in total. The third kappa shape index (κ3) is 3.61. The highest BCUT2D eigenvalue weighted by Gasteiger charge is 2.37. The van der Waals surface area contributed by atoms with Gasteiger partial charge in [0.25, 0.3) is 0 Å². The predicted octanol–water partition coefficient (Wildman–Crippen LogP) is 1.26. The monoisotopic (exact) mass is 332 g/mol. The van der Waals surface area contributed by atoms with E-state index in [0.29, 0.717) is 31.1 Å². The molecule has 0 bridgehead atoms.